The highest BCUT2D eigenvalue weighted by Gasteiger charge is 2.20. The van der Waals surface area contributed by atoms with Gasteiger partial charge in [-0.25, -0.2) is 9.78 Å². The molecule has 0 fully saturated rings. The van der Waals surface area contributed by atoms with Crippen molar-refractivity contribution in [2.24, 2.45) is 0 Å². The molecule has 4 N–H and O–H groups in total. The molecule has 0 spiro atoms. The molecule has 0 atom stereocenters. The molecule has 0 amide bonds. The van der Waals surface area contributed by atoms with E-state index < -0.39 is 16.2 Å². The number of aromatic amines is 2. The van der Waals surface area contributed by atoms with Crippen molar-refractivity contribution in [1.29, 1.82) is 5.26 Å². The average Bonchev–Trinajstić information content (AvgIpc) is 2.53. The number of pyridine rings is 1. The van der Waals surface area contributed by atoms with Crippen molar-refractivity contribution in [2.45, 2.75) is 0 Å². The summed E-state index contributed by atoms with van der Waals surface area (Å²) < 4.78 is 0. The summed E-state index contributed by atoms with van der Waals surface area (Å²) in [6.45, 7) is 0. The van der Waals surface area contributed by atoms with E-state index in [1.54, 1.807) is 0 Å². The molecular formula is C14H8N6O4. The van der Waals surface area contributed by atoms with Crippen LogP contribution in [0.15, 0.2) is 33.9 Å². The molecule has 3 rings (SSSR count). The first-order chi connectivity index (χ1) is 11.4. The van der Waals surface area contributed by atoms with Crippen LogP contribution in [0.5, 0.6) is 0 Å². The topological polar surface area (TPSA) is 172 Å². The predicted molar refractivity (Wildman–Crippen MR) is 84.2 cm³/mol. The van der Waals surface area contributed by atoms with Gasteiger partial charge in [-0.1, -0.05) is 12.1 Å². The lowest BCUT2D eigenvalue weighted by molar-refractivity contribution is -0.384. The first kappa shape index (κ1) is 14.9. The zero-order chi connectivity index (χ0) is 17.4. The molecule has 10 heteroatoms. The van der Waals surface area contributed by atoms with Crippen molar-refractivity contribution in [3.63, 3.8) is 0 Å². The van der Waals surface area contributed by atoms with Gasteiger partial charge in [0.2, 0.25) is 0 Å². The third-order valence-corrected chi connectivity index (χ3v) is 3.37. The SMILES string of the molecule is N#Cc1c(N)nc2[nH]c(=O)[nH]c(=O)c2c1-c1cccc([N+](=O)[O-])c1. The third-order valence-electron chi connectivity index (χ3n) is 3.37. The number of nitrogen functional groups attached to an aromatic ring is 1. The van der Waals surface area contributed by atoms with Crippen molar-refractivity contribution >= 4 is 22.5 Å². The van der Waals surface area contributed by atoms with Gasteiger partial charge in [0.05, 0.1) is 10.3 Å². The van der Waals surface area contributed by atoms with Crippen LogP contribution in [0.3, 0.4) is 0 Å². The van der Waals surface area contributed by atoms with Gasteiger partial charge in [0.25, 0.3) is 11.2 Å². The van der Waals surface area contributed by atoms with Gasteiger partial charge < -0.3 is 5.73 Å². The minimum Gasteiger partial charge on any atom is -0.383 e. The maximum atomic E-state index is 12.2. The number of nitrogens with one attached hydrogen (secondary N) is 2. The van der Waals surface area contributed by atoms with Gasteiger partial charge in [-0.15, -0.1) is 0 Å². The fraction of sp³-hybridized carbons (Fsp3) is 0. The van der Waals surface area contributed by atoms with Gasteiger partial charge in [0, 0.05) is 17.7 Å². The molecule has 3 aromatic rings. The standard InChI is InChI=1S/C14H8N6O4/c15-5-8-9(6-2-1-3-7(4-6)20(23)24)10-12(17-11(8)16)18-14(22)19-13(10)21/h1-4H,(H4,16,17,18,19,21,22). The molecule has 0 aliphatic heterocycles. The smallest absolute Gasteiger partial charge is 0.327 e. The molecule has 10 nitrogen and oxygen atoms in total. The highest BCUT2D eigenvalue weighted by atomic mass is 16.6. The van der Waals surface area contributed by atoms with Crippen LogP contribution in [0.25, 0.3) is 22.2 Å². The van der Waals surface area contributed by atoms with E-state index in [4.69, 9.17) is 5.73 Å². The van der Waals surface area contributed by atoms with Crippen molar-refractivity contribution < 1.29 is 4.92 Å². The van der Waals surface area contributed by atoms with E-state index in [0.717, 1.165) is 0 Å². The Hall–Kier alpha value is -4.00. The Morgan fingerprint density at radius 1 is 1.29 bits per heavy atom. The number of aromatic nitrogens is 3. The summed E-state index contributed by atoms with van der Waals surface area (Å²) in [5.41, 5.74) is 4.03. The minimum atomic E-state index is -0.783. The van der Waals surface area contributed by atoms with Crippen molar-refractivity contribution in [1.82, 2.24) is 15.0 Å². The largest absolute Gasteiger partial charge is 0.383 e. The first-order valence-electron chi connectivity index (χ1n) is 6.53. The van der Waals surface area contributed by atoms with Crippen molar-refractivity contribution in [3.05, 3.63) is 60.8 Å². The second kappa shape index (κ2) is 5.33. The van der Waals surface area contributed by atoms with Gasteiger partial charge in [0.15, 0.2) is 0 Å². The highest BCUT2D eigenvalue weighted by Crippen LogP contribution is 2.32. The number of nitrogens with two attached hydrogens (primary N) is 1. The molecule has 0 unspecified atom stereocenters. The van der Waals surface area contributed by atoms with E-state index in [0.29, 0.717) is 0 Å². The predicted octanol–water partition coefficient (Wildman–Crippen LogP) is 0.640. The van der Waals surface area contributed by atoms with Gasteiger partial charge in [-0.3, -0.25) is 24.9 Å². The fourth-order valence-electron chi connectivity index (χ4n) is 2.40. The Morgan fingerprint density at radius 3 is 2.71 bits per heavy atom. The molecule has 118 valence electrons. The summed E-state index contributed by atoms with van der Waals surface area (Å²) in [6, 6.07) is 7.23. The maximum absolute atomic E-state index is 12.2. The number of nitro groups is 1. The lowest BCUT2D eigenvalue weighted by atomic mass is 9.97. The van der Waals surface area contributed by atoms with Gasteiger partial charge in [-0.2, -0.15) is 5.26 Å². The number of hydrogen-bond acceptors (Lipinski definition) is 7. The minimum absolute atomic E-state index is 0.0706. The molecule has 24 heavy (non-hydrogen) atoms. The van der Waals surface area contributed by atoms with Crippen LogP contribution in [0.4, 0.5) is 11.5 Å². The zero-order valence-electron chi connectivity index (χ0n) is 11.9. The third kappa shape index (κ3) is 2.26. The average molecular weight is 324 g/mol. The van der Waals surface area contributed by atoms with Crippen LogP contribution >= 0.6 is 0 Å². The Bertz CT molecular complexity index is 1150. The Kier molecular flexibility index (Phi) is 3.31. The number of hydrogen-bond donors (Lipinski definition) is 3. The summed E-state index contributed by atoms with van der Waals surface area (Å²) in [7, 11) is 0. The number of rotatable bonds is 2. The molecule has 2 heterocycles. The molecule has 0 aliphatic rings. The lowest BCUT2D eigenvalue weighted by Crippen LogP contribution is -2.23. The molecule has 2 aromatic heterocycles. The van der Waals surface area contributed by atoms with Crippen LogP contribution in [-0.4, -0.2) is 19.9 Å². The second-order valence-corrected chi connectivity index (χ2v) is 4.80. The summed E-state index contributed by atoms with van der Waals surface area (Å²) in [5.74, 6) is -0.201. The molecular weight excluding hydrogens is 316 g/mol. The van der Waals surface area contributed by atoms with Gasteiger partial charge in [0.1, 0.15) is 23.1 Å². The number of benzene rings is 1. The fourth-order valence-corrected chi connectivity index (χ4v) is 2.40. The highest BCUT2D eigenvalue weighted by molar-refractivity contribution is 5.97. The lowest BCUT2D eigenvalue weighted by Gasteiger charge is -2.09. The normalized spacial score (nSPS) is 10.5. The summed E-state index contributed by atoms with van der Waals surface area (Å²) >= 11 is 0. The molecule has 0 saturated carbocycles. The monoisotopic (exact) mass is 324 g/mol. The van der Waals surface area contributed by atoms with Crippen molar-refractivity contribution in [2.75, 3.05) is 5.73 Å². The number of fused-ring (bicyclic) bond motifs is 1. The van der Waals surface area contributed by atoms with E-state index in [2.05, 4.69) is 9.97 Å². The van der Waals surface area contributed by atoms with Crippen LogP contribution < -0.4 is 17.0 Å². The van der Waals surface area contributed by atoms with Crippen LogP contribution in [0.2, 0.25) is 0 Å². The number of nitriles is 1. The zero-order valence-corrected chi connectivity index (χ0v) is 11.9. The number of nitrogens with zero attached hydrogens (tertiary/aromatic N) is 3. The van der Waals surface area contributed by atoms with Crippen LogP contribution in [-0.2, 0) is 0 Å². The summed E-state index contributed by atoms with van der Waals surface area (Å²) in [4.78, 5) is 42.2. The number of non-ortho nitro benzene ring substituents is 1. The van der Waals surface area contributed by atoms with E-state index >= 15 is 0 Å². The molecule has 1 aromatic carbocycles. The van der Waals surface area contributed by atoms with E-state index in [1.807, 2.05) is 11.1 Å². The van der Waals surface area contributed by atoms with E-state index in [-0.39, 0.29) is 39.2 Å². The van der Waals surface area contributed by atoms with Gasteiger partial charge in [-0.05, 0) is 5.56 Å². The van der Waals surface area contributed by atoms with E-state index in [1.165, 1.54) is 24.3 Å². The Balaban J connectivity index is 2.53. The quantitative estimate of drug-likeness (QED) is 0.458. The molecule has 0 radical (unpaired) electrons. The van der Waals surface area contributed by atoms with E-state index in [9.17, 15) is 25.0 Å². The van der Waals surface area contributed by atoms with Crippen LogP contribution in [0, 0.1) is 21.4 Å². The summed E-state index contributed by atoms with van der Waals surface area (Å²) in [6.07, 6.45) is 0. The molecule has 0 bridgehead atoms. The number of H-pyrrole nitrogens is 2. The first-order valence-corrected chi connectivity index (χ1v) is 6.53. The van der Waals surface area contributed by atoms with Gasteiger partial charge >= 0.3 is 5.69 Å². The second-order valence-electron chi connectivity index (χ2n) is 4.80. The van der Waals surface area contributed by atoms with Crippen LogP contribution in [0.1, 0.15) is 5.56 Å². The number of anilines is 1. The molecule has 0 saturated heterocycles. The Labute approximate surface area is 132 Å². The Morgan fingerprint density at radius 2 is 2.04 bits per heavy atom. The summed E-state index contributed by atoms with van der Waals surface area (Å²) in [5, 5.41) is 20.2. The number of nitro benzene ring substituents is 1. The maximum Gasteiger partial charge on any atom is 0.327 e. The molecule has 0 aliphatic carbocycles. The van der Waals surface area contributed by atoms with Crippen molar-refractivity contribution in [3.8, 4) is 17.2 Å².